The molecule has 0 saturated heterocycles. The summed E-state index contributed by atoms with van der Waals surface area (Å²) in [5.41, 5.74) is 0.888. The van der Waals surface area contributed by atoms with Crippen molar-refractivity contribution in [3.63, 3.8) is 0 Å². The smallest absolute Gasteiger partial charge is 0.423 e. The van der Waals surface area contributed by atoms with Gasteiger partial charge in [0, 0.05) is 29.9 Å². The lowest BCUT2D eigenvalue weighted by Crippen LogP contribution is -2.41. The number of hydrogen-bond donors (Lipinski definition) is 2. The molecular formula is C15H22BN3O4S. The Balaban J connectivity index is 2.34. The van der Waals surface area contributed by atoms with Crippen molar-refractivity contribution in [3.8, 4) is 5.69 Å². The maximum absolute atomic E-state index is 12.8. The van der Waals surface area contributed by atoms with Crippen LogP contribution in [-0.2, 0) is 10.0 Å². The van der Waals surface area contributed by atoms with Gasteiger partial charge in [-0.1, -0.05) is 0 Å². The fourth-order valence-electron chi connectivity index (χ4n) is 2.66. The van der Waals surface area contributed by atoms with E-state index in [-0.39, 0.29) is 22.4 Å². The maximum atomic E-state index is 12.8. The van der Waals surface area contributed by atoms with E-state index >= 15 is 0 Å². The average Bonchev–Trinajstić information content (AvgIpc) is 2.96. The van der Waals surface area contributed by atoms with Gasteiger partial charge in [0.1, 0.15) is 0 Å². The highest BCUT2D eigenvalue weighted by atomic mass is 32.2. The molecule has 0 atom stereocenters. The van der Waals surface area contributed by atoms with Crippen LogP contribution in [0.4, 0.5) is 0 Å². The SMILES string of the molecule is CC(C)N(C(C)C)S(=O)(=O)c1ccc(-n2cc(B(O)O)cn2)cc1. The van der Waals surface area contributed by atoms with Crippen LogP contribution in [0.15, 0.2) is 41.6 Å². The molecular weight excluding hydrogens is 329 g/mol. The predicted octanol–water partition coefficient (Wildman–Crippen LogP) is 0.360. The van der Waals surface area contributed by atoms with Gasteiger partial charge in [0.05, 0.1) is 10.6 Å². The van der Waals surface area contributed by atoms with Crippen molar-refractivity contribution < 1.29 is 18.5 Å². The summed E-state index contributed by atoms with van der Waals surface area (Å²) in [6, 6.07) is 6.03. The Kier molecular flexibility index (Phi) is 5.49. The fraction of sp³-hybridized carbons (Fsp3) is 0.400. The van der Waals surface area contributed by atoms with Crippen molar-refractivity contribution in [3.05, 3.63) is 36.7 Å². The number of hydrogen-bond acceptors (Lipinski definition) is 5. The summed E-state index contributed by atoms with van der Waals surface area (Å²) < 4.78 is 28.5. The van der Waals surface area contributed by atoms with Crippen molar-refractivity contribution in [2.75, 3.05) is 0 Å². The van der Waals surface area contributed by atoms with E-state index in [1.165, 1.54) is 33.5 Å². The van der Waals surface area contributed by atoms with Gasteiger partial charge in [-0.3, -0.25) is 0 Å². The molecule has 0 fully saturated rings. The number of aromatic nitrogens is 2. The Hall–Kier alpha value is -1.68. The highest BCUT2D eigenvalue weighted by molar-refractivity contribution is 7.89. The van der Waals surface area contributed by atoms with E-state index in [0.717, 1.165) is 0 Å². The van der Waals surface area contributed by atoms with Crippen LogP contribution in [0.1, 0.15) is 27.7 Å². The molecule has 0 spiro atoms. The number of benzene rings is 1. The van der Waals surface area contributed by atoms with Crippen LogP contribution in [0, 0.1) is 0 Å². The van der Waals surface area contributed by atoms with Crippen LogP contribution in [-0.4, -0.2) is 51.8 Å². The Morgan fingerprint density at radius 2 is 1.62 bits per heavy atom. The molecule has 1 aromatic carbocycles. The van der Waals surface area contributed by atoms with Crippen molar-refractivity contribution in [1.82, 2.24) is 14.1 Å². The highest BCUT2D eigenvalue weighted by Crippen LogP contribution is 2.22. The molecule has 0 saturated carbocycles. The lowest BCUT2D eigenvalue weighted by Gasteiger charge is -2.29. The second-order valence-corrected chi connectivity index (χ2v) is 7.95. The lowest BCUT2D eigenvalue weighted by atomic mass is 9.83. The molecule has 0 aliphatic heterocycles. The van der Waals surface area contributed by atoms with E-state index in [4.69, 9.17) is 10.0 Å². The van der Waals surface area contributed by atoms with E-state index < -0.39 is 17.1 Å². The van der Waals surface area contributed by atoms with Gasteiger partial charge in [0.15, 0.2) is 0 Å². The number of nitrogens with zero attached hydrogens (tertiary/aromatic N) is 3. The molecule has 2 rings (SSSR count). The van der Waals surface area contributed by atoms with Gasteiger partial charge in [-0.15, -0.1) is 0 Å². The Morgan fingerprint density at radius 3 is 2.04 bits per heavy atom. The summed E-state index contributed by atoms with van der Waals surface area (Å²) >= 11 is 0. The fourth-order valence-corrected chi connectivity index (χ4v) is 4.49. The molecule has 0 aliphatic carbocycles. The van der Waals surface area contributed by atoms with Gasteiger partial charge in [-0.2, -0.15) is 9.40 Å². The van der Waals surface area contributed by atoms with Crippen molar-refractivity contribution in [2.45, 2.75) is 44.7 Å². The normalized spacial score (nSPS) is 12.4. The van der Waals surface area contributed by atoms with Gasteiger partial charge >= 0.3 is 7.12 Å². The largest absolute Gasteiger partial charge is 0.491 e. The molecule has 1 heterocycles. The van der Waals surface area contributed by atoms with Gasteiger partial charge in [0.2, 0.25) is 10.0 Å². The molecule has 0 radical (unpaired) electrons. The van der Waals surface area contributed by atoms with Gasteiger partial charge in [0.25, 0.3) is 0 Å². The van der Waals surface area contributed by atoms with Crippen LogP contribution < -0.4 is 5.46 Å². The quantitative estimate of drug-likeness (QED) is 0.733. The zero-order valence-electron chi connectivity index (χ0n) is 14.2. The zero-order chi connectivity index (χ0) is 18.1. The molecule has 0 bridgehead atoms. The topological polar surface area (TPSA) is 95.7 Å². The Labute approximate surface area is 142 Å². The first-order valence-corrected chi connectivity index (χ1v) is 9.13. The van der Waals surface area contributed by atoms with E-state index in [1.54, 1.807) is 12.1 Å². The third-order valence-corrected chi connectivity index (χ3v) is 5.86. The van der Waals surface area contributed by atoms with E-state index in [9.17, 15) is 8.42 Å². The van der Waals surface area contributed by atoms with E-state index in [0.29, 0.717) is 5.69 Å². The van der Waals surface area contributed by atoms with Crippen LogP contribution in [0.5, 0.6) is 0 Å². The molecule has 9 heteroatoms. The minimum Gasteiger partial charge on any atom is -0.423 e. The molecule has 130 valence electrons. The Morgan fingerprint density at radius 1 is 1.08 bits per heavy atom. The molecule has 0 aliphatic rings. The summed E-state index contributed by atoms with van der Waals surface area (Å²) in [5, 5.41) is 22.3. The second kappa shape index (κ2) is 7.06. The minimum atomic E-state index is -3.58. The van der Waals surface area contributed by atoms with E-state index in [1.807, 2.05) is 27.7 Å². The molecule has 1 aromatic heterocycles. The monoisotopic (exact) mass is 351 g/mol. The van der Waals surface area contributed by atoms with Gasteiger partial charge < -0.3 is 10.0 Å². The van der Waals surface area contributed by atoms with Crippen molar-refractivity contribution >= 4 is 22.6 Å². The van der Waals surface area contributed by atoms with Gasteiger partial charge in [-0.05, 0) is 52.0 Å². The summed E-state index contributed by atoms with van der Waals surface area (Å²) in [4.78, 5) is 0.211. The number of rotatable bonds is 6. The zero-order valence-corrected chi connectivity index (χ0v) is 15.0. The molecule has 2 N–H and O–H groups in total. The summed E-state index contributed by atoms with van der Waals surface area (Å²) in [7, 11) is -5.18. The molecule has 2 aromatic rings. The van der Waals surface area contributed by atoms with Crippen LogP contribution in [0.25, 0.3) is 5.69 Å². The summed E-state index contributed by atoms with van der Waals surface area (Å²) in [6.07, 6.45) is 2.82. The third-order valence-electron chi connectivity index (χ3n) is 3.60. The summed E-state index contributed by atoms with van der Waals surface area (Å²) in [5.74, 6) is 0. The third kappa shape index (κ3) is 3.69. The van der Waals surface area contributed by atoms with E-state index in [2.05, 4.69) is 5.10 Å². The maximum Gasteiger partial charge on any atom is 0.491 e. The standard InChI is InChI=1S/C15H22BN3O4S/c1-11(2)19(12(3)4)24(22,23)15-7-5-14(6-8-15)18-10-13(9-17-18)16(20)21/h5-12,20-21H,1-4H3. The van der Waals surface area contributed by atoms with Crippen LogP contribution in [0.2, 0.25) is 0 Å². The summed E-state index contributed by atoms with van der Waals surface area (Å²) in [6.45, 7) is 7.38. The average molecular weight is 351 g/mol. The first-order valence-electron chi connectivity index (χ1n) is 7.69. The molecule has 24 heavy (non-hydrogen) atoms. The minimum absolute atomic E-state index is 0.144. The first kappa shape index (κ1) is 18.7. The predicted molar refractivity (Wildman–Crippen MR) is 92.7 cm³/mol. The molecule has 7 nitrogen and oxygen atoms in total. The molecule has 0 amide bonds. The first-order chi connectivity index (χ1) is 11.1. The molecule has 0 unspecified atom stereocenters. The van der Waals surface area contributed by atoms with Crippen molar-refractivity contribution in [1.29, 1.82) is 0 Å². The van der Waals surface area contributed by atoms with Gasteiger partial charge in [-0.25, -0.2) is 13.1 Å². The highest BCUT2D eigenvalue weighted by Gasteiger charge is 2.29. The van der Waals surface area contributed by atoms with Crippen molar-refractivity contribution in [2.24, 2.45) is 0 Å². The second-order valence-electron chi connectivity index (χ2n) is 6.11. The van der Waals surface area contributed by atoms with Crippen LogP contribution in [0.3, 0.4) is 0 Å². The van der Waals surface area contributed by atoms with Crippen LogP contribution >= 0.6 is 0 Å². The Bertz CT molecular complexity index is 777. The lowest BCUT2D eigenvalue weighted by molar-refractivity contribution is 0.302. The number of sulfonamides is 1.